The molecule has 0 heterocycles. The maximum atomic E-state index is 11.0. The molecule has 6 nitrogen and oxygen atoms in total. The lowest BCUT2D eigenvalue weighted by Crippen LogP contribution is -2.28. The van der Waals surface area contributed by atoms with Crippen LogP contribution in [0.2, 0.25) is 5.02 Å². The van der Waals surface area contributed by atoms with Crippen LogP contribution in [-0.2, 0) is 6.54 Å². The van der Waals surface area contributed by atoms with Crippen molar-refractivity contribution in [3.8, 4) is 11.5 Å². The minimum absolute atomic E-state index is 0.0163. The molecule has 0 radical (unpaired) electrons. The number of nitro groups is 1. The van der Waals surface area contributed by atoms with Gasteiger partial charge in [-0.25, -0.2) is 0 Å². The van der Waals surface area contributed by atoms with Gasteiger partial charge in [-0.15, -0.1) is 0 Å². The summed E-state index contributed by atoms with van der Waals surface area (Å²) >= 11 is 5.77. The van der Waals surface area contributed by atoms with E-state index >= 15 is 0 Å². The molecule has 0 spiro atoms. The highest BCUT2D eigenvalue weighted by Crippen LogP contribution is 2.33. The topological polar surface area (TPSA) is 84.6 Å². The number of nitro benzene ring substituents is 1. The second-order valence-electron chi connectivity index (χ2n) is 5.08. The Kier molecular flexibility index (Phi) is 5.92. The summed E-state index contributed by atoms with van der Waals surface area (Å²) in [6.07, 6.45) is 0. The van der Waals surface area contributed by atoms with Crippen LogP contribution in [0.15, 0.2) is 42.5 Å². The fourth-order valence-electron chi connectivity index (χ4n) is 1.88. The number of hydrogen-bond donors (Lipinski definition) is 2. The van der Waals surface area contributed by atoms with Crippen molar-refractivity contribution in [2.75, 3.05) is 6.61 Å². The van der Waals surface area contributed by atoms with Gasteiger partial charge >= 0.3 is 5.69 Å². The van der Waals surface area contributed by atoms with Crippen LogP contribution in [0.25, 0.3) is 0 Å². The highest BCUT2D eigenvalue weighted by Gasteiger charge is 2.16. The van der Waals surface area contributed by atoms with E-state index < -0.39 is 4.92 Å². The van der Waals surface area contributed by atoms with E-state index in [4.69, 9.17) is 21.4 Å². The molecule has 2 aromatic rings. The van der Waals surface area contributed by atoms with Crippen molar-refractivity contribution in [1.82, 2.24) is 5.32 Å². The molecule has 7 heteroatoms. The lowest BCUT2D eigenvalue weighted by molar-refractivity contribution is -0.385. The molecular weight excluding hydrogens is 320 g/mol. The Morgan fingerprint density at radius 2 is 2.00 bits per heavy atom. The monoisotopic (exact) mass is 336 g/mol. The number of aliphatic hydroxyl groups excluding tert-OH is 1. The standard InChI is InChI=1S/C16H17ClN2O4/c1-11(10-20)18-9-12-2-5-14(6-3-12)23-16-7-4-13(17)8-15(16)19(21)22/h2-8,11,18,20H,9-10H2,1H3/t11-/m1/s1. The van der Waals surface area contributed by atoms with E-state index in [-0.39, 0.29) is 29.1 Å². The first kappa shape index (κ1) is 17.2. The van der Waals surface area contributed by atoms with Gasteiger partial charge in [-0.2, -0.15) is 0 Å². The Hall–Kier alpha value is -2.15. The Bertz CT molecular complexity index is 676. The van der Waals surface area contributed by atoms with Gasteiger partial charge in [-0.3, -0.25) is 10.1 Å². The van der Waals surface area contributed by atoms with Crippen LogP contribution in [-0.4, -0.2) is 22.7 Å². The molecule has 23 heavy (non-hydrogen) atoms. The summed E-state index contributed by atoms with van der Waals surface area (Å²) in [5.41, 5.74) is 0.836. The molecule has 2 N–H and O–H groups in total. The van der Waals surface area contributed by atoms with Gasteiger partial charge < -0.3 is 15.2 Å². The van der Waals surface area contributed by atoms with E-state index in [0.717, 1.165) is 5.56 Å². The molecule has 0 aliphatic carbocycles. The minimum atomic E-state index is -0.532. The maximum absolute atomic E-state index is 11.0. The average molecular weight is 337 g/mol. The molecule has 2 aromatic carbocycles. The third-order valence-electron chi connectivity index (χ3n) is 3.20. The van der Waals surface area contributed by atoms with Crippen LogP contribution < -0.4 is 10.1 Å². The molecule has 0 aromatic heterocycles. The molecule has 0 aliphatic rings. The number of nitrogens with zero attached hydrogens (tertiary/aromatic N) is 1. The summed E-state index contributed by atoms with van der Waals surface area (Å²) in [7, 11) is 0. The van der Waals surface area contributed by atoms with Gasteiger partial charge in [0.25, 0.3) is 0 Å². The van der Waals surface area contributed by atoms with Gasteiger partial charge in [0.2, 0.25) is 5.75 Å². The number of hydrogen-bond acceptors (Lipinski definition) is 5. The van der Waals surface area contributed by atoms with Crippen molar-refractivity contribution in [2.45, 2.75) is 19.5 Å². The Labute approximate surface area is 138 Å². The third-order valence-corrected chi connectivity index (χ3v) is 3.43. The SMILES string of the molecule is C[C@H](CO)NCc1ccc(Oc2ccc(Cl)cc2[N+](=O)[O-])cc1. The first-order valence-electron chi connectivity index (χ1n) is 7.04. The molecule has 0 bridgehead atoms. The van der Waals surface area contributed by atoms with Gasteiger partial charge in [-0.1, -0.05) is 23.7 Å². The van der Waals surface area contributed by atoms with Crippen molar-refractivity contribution in [1.29, 1.82) is 0 Å². The smallest absolute Gasteiger partial charge is 0.313 e. The molecule has 0 unspecified atom stereocenters. The molecule has 0 saturated heterocycles. The summed E-state index contributed by atoms with van der Waals surface area (Å²) in [6.45, 7) is 2.57. The number of benzene rings is 2. The molecule has 0 fully saturated rings. The van der Waals surface area contributed by atoms with E-state index in [0.29, 0.717) is 12.3 Å². The van der Waals surface area contributed by atoms with Gasteiger partial charge in [0, 0.05) is 23.7 Å². The first-order valence-corrected chi connectivity index (χ1v) is 7.42. The Balaban J connectivity index is 2.08. The van der Waals surface area contributed by atoms with Gasteiger partial charge in [0.1, 0.15) is 5.75 Å². The van der Waals surface area contributed by atoms with Crippen molar-refractivity contribution in [3.63, 3.8) is 0 Å². The van der Waals surface area contributed by atoms with Crippen LogP contribution in [0.5, 0.6) is 11.5 Å². The summed E-state index contributed by atoms with van der Waals surface area (Å²) in [5, 5.41) is 23.4. The zero-order valence-corrected chi connectivity index (χ0v) is 13.3. The van der Waals surface area contributed by atoms with Gasteiger partial charge in [0.05, 0.1) is 11.5 Å². The second-order valence-corrected chi connectivity index (χ2v) is 5.52. The Morgan fingerprint density at radius 1 is 1.30 bits per heavy atom. The lowest BCUT2D eigenvalue weighted by Gasteiger charge is -2.11. The molecule has 0 saturated carbocycles. The molecular formula is C16H17ClN2O4. The predicted octanol–water partition coefficient (Wildman–Crippen LogP) is 3.51. The van der Waals surface area contributed by atoms with Crippen LogP contribution in [0.3, 0.4) is 0 Å². The van der Waals surface area contributed by atoms with Crippen LogP contribution >= 0.6 is 11.6 Å². The van der Waals surface area contributed by atoms with E-state index in [1.54, 1.807) is 18.2 Å². The third kappa shape index (κ3) is 4.92. The van der Waals surface area contributed by atoms with Crippen molar-refractivity contribution >= 4 is 17.3 Å². The summed E-state index contributed by atoms with van der Waals surface area (Å²) < 4.78 is 5.57. The highest BCUT2D eigenvalue weighted by atomic mass is 35.5. The van der Waals surface area contributed by atoms with Crippen LogP contribution in [0.1, 0.15) is 12.5 Å². The largest absolute Gasteiger partial charge is 0.450 e. The van der Waals surface area contributed by atoms with Gasteiger partial charge in [-0.05, 0) is 36.8 Å². The highest BCUT2D eigenvalue weighted by molar-refractivity contribution is 6.30. The first-order chi connectivity index (χ1) is 11.0. The Morgan fingerprint density at radius 3 is 2.61 bits per heavy atom. The van der Waals surface area contributed by atoms with Crippen LogP contribution in [0, 0.1) is 10.1 Å². The fourth-order valence-corrected chi connectivity index (χ4v) is 2.04. The predicted molar refractivity (Wildman–Crippen MR) is 88.0 cm³/mol. The fraction of sp³-hybridized carbons (Fsp3) is 0.250. The maximum Gasteiger partial charge on any atom is 0.313 e. The van der Waals surface area contributed by atoms with Crippen molar-refractivity contribution in [3.05, 3.63) is 63.2 Å². The zero-order chi connectivity index (χ0) is 16.8. The normalized spacial score (nSPS) is 12.0. The van der Waals surface area contributed by atoms with Crippen LogP contribution in [0.4, 0.5) is 5.69 Å². The molecule has 1 atom stereocenters. The zero-order valence-electron chi connectivity index (χ0n) is 12.5. The summed E-state index contributed by atoms with van der Waals surface area (Å²) in [6, 6.07) is 11.5. The molecule has 122 valence electrons. The molecule has 2 rings (SSSR count). The van der Waals surface area contributed by atoms with E-state index in [2.05, 4.69) is 5.32 Å². The number of ether oxygens (including phenoxy) is 1. The van der Waals surface area contributed by atoms with E-state index in [1.807, 2.05) is 19.1 Å². The number of rotatable bonds is 7. The average Bonchev–Trinajstić information content (AvgIpc) is 2.55. The number of halogens is 1. The van der Waals surface area contributed by atoms with Crippen molar-refractivity contribution < 1.29 is 14.8 Å². The lowest BCUT2D eigenvalue weighted by atomic mass is 10.2. The summed E-state index contributed by atoms with van der Waals surface area (Å²) in [5.74, 6) is 0.633. The second kappa shape index (κ2) is 7.92. The van der Waals surface area contributed by atoms with E-state index in [1.165, 1.54) is 12.1 Å². The molecule has 0 amide bonds. The number of nitrogens with one attached hydrogen (secondary N) is 1. The van der Waals surface area contributed by atoms with E-state index in [9.17, 15) is 10.1 Å². The quantitative estimate of drug-likeness (QED) is 0.597. The molecule has 0 aliphatic heterocycles. The summed E-state index contributed by atoms with van der Waals surface area (Å²) in [4.78, 5) is 10.5. The number of aliphatic hydroxyl groups is 1. The minimum Gasteiger partial charge on any atom is -0.450 e. The van der Waals surface area contributed by atoms with Gasteiger partial charge in [0.15, 0.2) is 0 Å². The van der Waals surface area contributed by atoms with Crippen molar-refractivity contribution in [2.24, 2.45) is 0 Å².